The van der Waals surface area contributed by atoms with Gasteiger partial charge in [-0.3, -0.25) is 0 Å². The first-order valence-corrected chi connectivity index (χ1v) is 7.57. The van der Waals surface area contributed by atoms with Gasteiger partial charge in [0, 0.05) is 6.04 Å². The normalized spacial score (nSPS) is 13.9. The van der Waals surface area contributed by atoms with Crippen molar-refractivity contribution in [3.63, 3.8) is 0 Å². The van der Waals surface area contributed by atoms with E-state index in [2.05, 4.69) is 80.8 Å². The summed E-state index contributed by atoms with van der Waals surface area (Å²) >= 11 is 0. The van der Waals surface area contributed by atoms with Crippen LogP contribution in [0.3, 0.4) is 0 Å². The second-order valence-electron chi connectivity index (χ2n) is 5.58. The highest BCUT2D eigenvalue weighted by Crippen LogP contribution is 2.25. The molecule has 0 aliphatic carbocycles. The molecular weight excluding hydrogens is 242 g/mol. The fraction of sp³-hybridized carbons (Fsp3) is 0.368. The number of hydrogen-bond donors (Lipinski definition) is 1. The van der Waals surface area contributed by atoms with Gasteiger partial charge >= 0.3 is 0 Å². The van der Waals surface area contributed by atoms with Crippen LogP contribution < -0.4 is 5.32 Å². The highest BCUT2D eigenvalue weighted by Gasteiger charge is 2.12. The number of nitrogens with one attached hydrogen (secondary N) is 1. The second-order valence-corrected chi connectivity index (χ2v) is 5.58. The molecule has 0 fully saturated rings. The molecule has 0 saturated carbocycles. The molecule has 2 unspecified atom stereocenters. The number of benzene rings is 2. The van der Waals surface area contributed by atoms with Gasteiger partial charge in [-0.25, -0.2) is 0 Å². The van der Waals surface area contributed by atoms with Gasteiger partial charge in [-0.15, -0.1) is 0 Å². The molecule has 2 rings (SSSR count). The summed E-state index contributed by atoms with van der Waals surface area (Å²) in [6.45, 7) is 4.58. The van der Waals surface area contributed by atoms with E-state index >= 15 is 0 Å². The molecule has 2 aromatic carbocycles. The van der Waals surface area contributed by atoms with Gasteiger partial charge in [-0.1, -0.05) is 74.9 Å². The predicted octanol–water partition coefficient (Wildman–Crippen LogP) is 5.05. The van der Waals surface area contributed by atoms with Gasteiger partial charge in [-0.05, 0) is 36.1 Å². The molecule has 106 valence electrons. The Morgan fingerprint density at radius 1 is 0.900 bits per heavy atom. The standard InChI is InChI=1S/C19H25N/c1-4-15(2)14-19(20-3)18-12-10-17(11-13-18)16-8-6-5-7-9-16/h5-13,15,19-20H,4,14H2,1-3H3. The molecule has 0 aromatic heterocycles. The van der Waals surface area contributed by atoms with Crippen LogP contribution in [0.5, 0.6) is 0 Å². The minimum Gasteiger partial charge on any atom is -0.313 e. The van der Waals surface area contributed by atoms with Crippen molar-refractivity contribution in [3.05, 3.63) is 60.2 Å². The van der Waals surface area contributed by atoms with Crippen LogP contribution in [0.4, 0.5) is 0 Å². The van der Waals surface area contributed by atoms with Crippen LogP contribution in [-0.2, 0) is 0 Å². The Labute approximate surface area is 123 Å². The highest BCUT2D eigenvalue weighted by atomic mass is 14.9. The lowest BCUT2D eigenvalue weighted by Crippen LogP contribution is -2.18. The van der Waals surface area contributed by atoms with Crippen LogP contribution in [0.1, 0.15) is 38.3 Å². The lowest BCUT2D eigenvalue weighted by molar-refractivity contribution is 0.422. The van der Waals surface area contributed by atoms with Crippen LogP contribution in [-0.4, -0.2) is 7.05 Å². The Morgan fingerprint density at radius 3 is 2.05 bits per heavy atom. The van der Waals surface area contributed by atoms with E-state index in [1.165, 1.54) is 29.5 Å². The van der Waals surface area contributed by atoms with Gasteiger partial charge in [0.05, 0.1) is 0 Å². The number of rotatable bonds is 6. The average Bonchev–Trinajstić information content (AvgIpc) is 2.53. The summed E-state index contributed by atoms with van der Waals surface area (Å²) in [6.07, 6.45) is 2.43. The van der Waals surface area contributed by atoms with E-state index in [0.29, 0.717) is 6.04 Å². The molecule has 1 nitrogen and oxygen atoms in total. The van der Waals surface area contributed by atoms with E-state index in [4.69, 9.17) is 0 Å². The van der Waals surface area contributed by atoms with E-state index < -0.39 is 0 Å². The van der Waals surface area contributed by atoms with Crippen LogP contribution in [0.15, 0.2) is 54.6 Å². The predicted molar refractivity (Wildman–Crippen MR) is 87.8 cm³/mol. The molecule has 0 heterocycles. The summed E-state index contributed by atoms with van der Waals surface area (Å²) in [5, 5.41) is 3.44. The molecule has 0 aliphatic rings. The maximum atomic E-state index is 3.44. The molecule has 1 heteroatoms. The zero-order valence-corrected chi connectivity index (χ0v) is 12.8. The van der Waals surface area contributed by atoms with E-state index in [1.807, 2.05) is 0 Å². The third-order valence-corrected chi connectivity index (χ3v) is 4.10. The van der Waals surface area contributed by atoms with Crippen molar-refractivity contribution in [1.29, 1.82) is 0 Å². The quantitative estimate of drug-likeness (QED) is 0.772. The third-order valence-electron chi connectivity index (χ3n) is 4.10. The van der Waals surface area contributed by atoms with Gasteiger partial charge in [0.1, 0.15) is 0 Å². The van der Waals surface area contributed by atoms with Crippen molar-refractivity contribution < 1.29 is 0 Å². The van der Waals surface area contributed by atoms with E-state index in [0.717, 1.165) is 5.92 Å². The van der Waals surface area contributed by atoms with Crippen molar-refractivity contribution in [2.45, 2.75) is 32.7 Å². The maximum absolute atomic E-state index is 3.44. The van der Waals surface area contributed by atoms with Gasteiger partial charge in [0.15, 0.2) is 0 Å². The molecule has 0 saturated heterocycles. The minimum atomic E-state index is 0.453. The summed E-state index contributed by atoms with van der Waals surface area (Å²) in [6, 6.07) is 20.0. The average molecular weight is 267 g/mol. The van der Waals surface area contributed by atoms with Gasteiger partial charge in [0.25, 0.3) is 0 Å². The summed E-state index contributed by atoms with van der Waals surface area (Å²) in [4.78, 5) is 0. The summed E-state index contributed by atoms with van der Waals surface area (Å²) in [5.74, 6) is 0.751. The summed E-state index contributed by atoms with van der Waals surface area (Å²) < 4.78 is 0. The van der Waals surface area contributed by atoms with Crippen LogP contribution >= 0.6 is 0 Å². The lowest BCUT2D eigenvalue weighted by Gasteiger charge is -2.20. The summed E-state index contributed by atoms with van der Waals surface area (Å²) in [7, 11) is 2.05. The minimum absolute atomic E-state index is 0.453. The second kappa shape index (κ2) is 7.25. The molecule has 2 aromatic rings. The van der Waals surface area contributed by atoms with Crippen molar-refractivity contribution in [3.8, 4) is 11.1 Å². The molecule has 0 aliphatic heterocycles. The van der Waals surface area contributed by atoms with Gasteiger partial charge in [-0.2, -0.15) is 0 Å². The van der Waals surface area contributed by atoms with Crippen LogP contribution in [0.25, 0.3) is 11.1 Å². The van der Waals surface area contributed by atoms with E-state index in [9.17, 15) is 0 Å². The largest absolute Gasteiger partial charge is 0.313 e. The lowest BCUT2D eigenvalue weighted by atomic mass is 9.93. The first-order valence-electron chi connectivity index (χ1n) is 7.57. The van der Waals surface area contributed by atoms with Crippen molar-refractivity contribution in [2.24, 2.45) is 5.92 Å². The molecule has 0 radical (unpaired) electrons. The Hall–Kier alpha value is -1.60. The van der Waals surface area contributed by atoms with Crippen molar-refractivity contribution >= 4 is 0 Å². The molecule has 0 bridgehead atoms. The van der Waals surface area contributed by atoms with Crippen LogP contribution in [0.2, 0.25) is 0 Å². The zero-order valence-electron chi connectivity index (χ0n) is 12.8. The molecule has 2 atom stereocenters. The van der Waals surface area contributed by atoms with Crippen molar-refractivity contribution in [2.75, 3.05) is 7.05 Å². The van der Waals surface area contributed by atoms with Gasteiger partial charge < -0.3 is 5.32 Å². The van der Waals surface area contributed by atoms with E-state index in [-0.39, 0.29) is 0 Å². The van der Waals surface area contributed by atoms with Gasteiger partial charge in [0.2, 0.25) is 0 Å². The van der Waals surface area contributed by atoms with Crippen molar-refractivity contribution in [1.82, 2.24) is 5.32 Å². The Bertz CT molecular complexity index is 501. The zero-order chi connectivity index (χ0) is 14.4. The SMILES string of the molecule is CCC(C)CC(NC)c1ccc(-c2ccccc2)cc1. The first kappa shape index (κ1) is 14.8. The topological polar surface area (TPSA) is 12.0 Å². The first-order chi connectivity index (χ1) is 9.74. The maximum Gasteiger partial charge on any atom is 0.0320 e. The third kappa shape index (κ3) is 3.71. The molecule has 0 spiro atoms. The smallest absolute Gasteiger partial charge is 0.0320 e. The van der Waals surface area contributed by atoms with Crippen LogP contribution in [0, 0.1) is 5.92 Å². The fourth-order valence-corrected chi connectivity index (χ4v) is 2.53. The molecule has 0 amide bonds. The fourth-order valence-electron chi connectivity index (χ4n) is 2.53. The number of hydrogen-bond acceptors (Lipinski definition) is 1. The molecule has 20 heavy (non-hydrogen) atoms. The summed E-state index contributed by atoms with van der Waals surface area (Å²) in [5.41, 5.74) is 3.95. The molecular formula is C19H25N. The van der Waals surface area contributed by atoms with E-state index in [1.54, 1.807) is 0 Å². The monoisotopic (exact) mass is 267 g/mol. The molecule has 1 N–H and O–H groups in total. The Kier molecular flexibility index (Phi) is 5.37. The Morgan fingerprint density at radius 2 is 1.50 bits per heavy atom. The Balaban J connectivity index is 2.14. The highest BCUT2D eigenvalue weighted by molar-refractivity contribution is 5.63.